The summed E-state index contributed by atoms with van der Waals surface area (Å²) in [6.07, 6.45) is 5.25. The molecule has 1 aliphatic heterocycles. The first-order valence-electron chi connectivity index (χ1n) is 12.8. The molecule has 2 heterocycles. The summed E-state index contributed by atoms with van der Waals surface area (Å²) >= 11 is 0. The molecule has 1 aromatic heterocycles. The van der Waals surface area contributed by atoms with E-state index >= 15 is 0 Å². The van der Waals surface area contributed by atoms with Crippen molar-refractivity contribution in [3.8, 4) is 5.88 Å². The van der Waals surface area contributed by atoms with Gasteiger partial charge in [0, 0.05) is 17.7 Å². The van der Waals surface area contributed by atoms with Gasteiger partial charge < -0.3 is 14.6 Å². The van der Waals surface area contributed by atoms with Crippen LogP contribution in [0.25, 0.3) is 0 Å². The highest BCUT2D eigenvalue weighted by atomic mass is 16.5. The first-order chi connectivity index (χ1) is 16.6. The number of carboxylic acid groups (broad SMARTS) is 1. The quantitative estimate of drug-likeness (QED) is 0.495. The maximum atomic E-state index is 12.4. The molecule has 0 amide bonds. The fraction of sp³-hybridized carbons (Fsp3) is 0.586. The Kier molecular flexibility index (Phi) is 7.53. The monoisotopic (exact) mass is 480 g/mol. The number of nitrogens with one attached hydrogen (secondary N) is 1. The standard InChI is InChI=1S/C29H40N2O4/c1-17(2)21-12-7-8-13-22(21)24-26(23(29(3,4)5)25(31-24)28(32)33)35-16-20-14-19(18-10-9-11-18)15-30-27(20)34-6/h7-8,12-15,17-18,23-26,31H,9-11,16H2,1-6H3,(H,32,33)/t23-,24+,25+,26+/m1/s1. The second kappa shape index (κ2) is 10.3. The molecule has 1 saturated heterocycles. The third kappa shape index (κ3) is 5.24. The molecule has 0 radical (unpaired) electrons. The van der Waals surface area contributed by atoms with Crippen molar-refractivity contribution in [2.24, 2.45) is 11.3 Å². The minimum absolute atomic E-state index is 0.223. The van der Waals surface area contributed by atoms with Gasteiger partial charge in [0.15, 0.2) is 0 Å². The highest BCUT2D eigenvalue weighted by Gasteiger charge is 2.52. The van der Waals surface area contributed by atoms with Gasteiger partial charge in [0.1, 0.15) is 6.04 Å². The fourth-order valence-corrected chi connectivity index (χ4v) is 5.75. The lowest BCUT2D eigenvalue weighted by Crippen LogP contribution is -2.43. The smallest absolute Gasteiger partial charge is 0.321 e. The van der Waals surface area contributed by atoms with E-state index in [9.17, 15) is 9.90 Å². The van der Waals surface area contributed by atoms with Gasteiger partial charge in [-0.3, -0.25) is 10.1 Å². The van der Waals surface area contributed by atoms with E-state index in [4.69, 9.17) is 9.47 Å². The zero-order valence-corrected chi connectivity index (χ0v) is 21.9. The number of rotatable bonds is 8. The molecule has 0 bridgehead atoms. The van der Waals surface area contributed by atoms with Gasteiger partial charge in [-0.25, -0.2) is 4.98 Å². The Labute approximate surface area is 209 Å². The molecule has 1 aromatic carbocycles. The summed E-state index contributed by atoms with van der Waals surface area (Å²) in [4.78, 5) is 16.9. The Balaban J connectivity index is 1.70. The van der Waals surface area contributed by atoms with E-state index in [1.54, 1.807) is 7.11 Å². The van der Waals surface area contributed by atoms with Crippen LogP contribution < -0.4 is 10.1 Å². The van der Waals surface area contributed by atoms with E-state index in [2.05, 4.69) is 63.1 Å². The number of aromatic nitrogens is 1. The van der Waals surface area contributed by atoms with Crippen LogP contribution >= 0.6 is 0 Å². The summed E-state index contributed by atoms with van der Waals surface area (Å²) in [6, 6.07) is 9.53. The van der Waals surface area contributed by atoms with Gasteiger partial charge in [-0.15, -0.1) is 0 Å². The zero-order chi connectivity index (χ0) is 25.3. The van der Waals surface area contributed by atoms with Crippen molar-refractivity contribution in [3.05, 3.63) is 58.8 Å². The van der Waals surface area contributed by atoms with Gasteiger partial charge in [-0.2, -0.15) is 0 Å². The highest BCUT2D eigenvalue weighted by molar-refractivity contribution is 5.75. The molecule has 6 nitrogen and oxygen atoms in total. The van der Waals surface area contributed by atoms with Gasteiger partial charge in [-0.1, -0.05) is 65.3 Å². The third-order valence-corrected chi connectivity index (χ3v) is 7.77. The Bertz CT molecular complexity index is 1040. The first kappa shape index (κ1) is 25.6. The predicted octanol–water partition coefficient (Wildman–Crippen LogP) is 5.83. The zero-order valence-electron chi connectivity index (χ0n) is 21.9. The summed E-state index contributed by atoms with van der Waals surface area (Å²) in [6.45, 7) is 11.0. The van der Waals surface area contributed by atoms with Crippen LogP contribution in [0, 0.1) is 11.3 Å². The molecule has 1 aliphatic carbocycles. The number of nitrogens with zero attached hydrogens (tertiary/aromatic N) is 1. The Morgan fingerprint density at radius 2 is 1.94 bits per heavy atom. The Hall–Kier alpha value is -2.44. The van der Waals surface area contributed by atoms with Gasteiger partial charge in [0.2, 0.25) is 5.88 Å². The molecular weight excluding hydrogens is 440 g/mol. The predicted molar refractivity (Wildman–Crippen MR) is 137 cm³/mol. The van der Waals surface area contributed by atoms with Crippen LogP contribution in [0.5, 0.6) is 5.88 Å². The van der Waals surface area contributed by atoms with Crippen LogP contribution in [0.15, 0.2) is 36.5 Å². The largest absolute Gasteiger partial charge is 0.481 e. The van der Waals surface area contributed by atoms with Crippen molar-refractivity contribution in [3.63, 3.8) is 0 Å². The summed E-state index contributed by atoms with van der Waals surface area (Å²) in [5, 5.41) is 13.6. The average Bonchev–Trinajstić information content (AvgIpc) is 3.17. The first-order valence-corrected chi connectivity index (χ1v) is 12.8. The summed E-state index contributed by atoms with van der Waals surface area (Å²) in [7, 11) is 1.63. The maximum absolute atomic E-state index is 12.4. The molecule has 4 atom stereocenters. The average molecular weight is 481 g/mol. The number of hydrogen-bond acceptors (Lipinski definition) is 5. The number of benzene rings is 1. The number of pyridine rings is 1. The molecule has 0 unspecified atom stereocenters. The fourth-order valence-electron chi connectivity index (χ4n) is 5.75. The lowest BCUT2D eigenvalue weighted by atomic mass is 9.73. The van der Waals surface area contributed by atoms with E-state index in [0.717, 1.165) is 11.1 Å². The minimum atomic E-state index is -0.839. The van der Waals surface area contributed by atoms with E-state index < -0.39 is 12.0 Å². The summed E-state index contributed by atoms with van der Waals surface area (Å²) in [5.41, 5.74) is 4.19. The Morgan fingerprint density at radius 3 is 2.51 bits per heavy atom. The second-order valence-electron chi connectivity index (χ2n) is 11.5. The van der Waals surface area contributed by atoms with E-state index in [1.165, 1.54) is 30.4 Å². The van der Waals surface area contributed by atoms with Crippen LogP contribution in [0.2, 0.25) is 0 Å². The normalized spacial score (nSPS) is 25.0. The Morgan fingerprint density at radius 1 is 1.23 bits per heavy atom. The van der Waals surface area contributed by atoms with Crippen molar-refractivity contribution in [2.75, 3.05) is 7.11 Å². The number of ether oxygens (including phenoxy) is 2. The molecule has 2 N–H and O–H groups in total. The lowest BCUT2D eigenvalue weighted by Gasteiger charge is -2.35. The molecule has 0 spiro atoms. The van der Waals surface area contributed by atoms with Crippen LogP contribution in [0.3, 0.4) is 0 Å². The molecule has 6 heteroatoms. The van der Waals surface area contributed by atoms with Crippen molar-refractivity contribution < 1.29 is 19.4 Å². The number of hydrogen-bond donors (Lipinski definition) is 2. The minimum Gasteiger partial charge on any atom is -0.481 e. The van der Waals surface area contributed by atoms with E-state index in [-0.39, 0.29) is 23.5 Å². The van der Waals surface area contributed by atoms with Crippen molar-refractivity contribution in [1.82, 2.24) is 10.3 Å². The topological polar surface area (TPSA) is 80.7 Å². The molecule has 1 saturated carbocycles. The van der Waals surface area contributed by atoms with Gasteiger partial charge >= 0.3 is 5.97 Å². The van der Waals surface area contributed by atoms with Crippen molar-refractivity contribution in [2.45, 2.75) is 90.5 Å². The van der Waals surface area contributed by atoms with Crippen LogP contribution in [-0.2, 0) is 16.1 Å². The van der Waals surface area contributed by atoms with Crippen molar-refractivity contribution >= 4 is 5.97 Å². The molecule has 2 aliphatic rings. The number of methoxy groups -OCH3 is 1. The summed E-state index contributed by atoms with van der Waals surface area (Å²) < 4.78 is 12.3. The second-order valence-corrected chi connectivity index (χ2v) is 11.5. The number of carboxylic acids is 1. The molecule has 190 valence electrons. The number of carbonyl (C=O) groups is 1. The van der Waals surface area contributed by atoms with Crippen LogP contribution in [-0.4, -0.2) is 35.3 Å². The van der Waals surface area contributed by atoms with E-state index in [1.807, 2.05) is 18.3 Å². The maximum Gasteiger partial charge on any atom is 0.321 e. The molecule has 2 fully saturated rings. The van der Waals surface area contributed by atoms with E-state index in [0.29, 0.717) is 24.3 Å². The molecule has 35 heavy (non-hydrogen) atoms. The number of aliphatic carboxylic acids is 1. The van der Waals surface area contributed by atoms with Crippen LogP contribution in [0.1, 0.15) is 94.0 Å². The van der Waals surface area contributed by atoms with Crippen molar-refractivity contribution in [1.29, 1.82) is 0 Å². The third-order valence-electron chi connectivity index (χ3n) is 7.77. The molecular formula is C29H40N2O4. The van der Waals surface area contributed by atoms with Gasteiger partial charge in [0.25, 0.3) is 0 Å². The SMILES string of the molecule is COc1ncc(C2CCC2)cc1CO[C@H]1[C@H](C(C)(C)C)[C@@H](C(=O)O)N[C@H]1c1ccccc1C(C)C. The lowest BCUT2D eigenvalue weighted by molar-refractivity contribution is -0.142. The van der Waals surface area contributed by atoms with Gasteiger partial charge in [0.05, 0.1) is 25.9 Å². The van der Waals surface area contributed by atoms with Crippen LogP contribution in [0.4, 0.5) is 0 Å². The molecule has 2 aromatic rings. The summed E-state index contributed by atoms with van der Waals surface area (Å²) in [5.74, 6) is 0.382. The van der Waals surface area contributed by atoms with Gasteiger partial charge in [-0.05, 0) is 52.8 Å². The molecule has 4 rings (SSSR count). The highest BCUT2D eigenvalue weighted by Crippen LogP contribution is 2.46.